The Hall–Kier alpha value is -1.24. The van der Waals surface area contributed by atoms with E-state index < -0.39 is 6.10 Å². The third-order valence-electron chi connectivity index (χ3n) is 2.12. The molecule has 0 amide bonds. The van der Waals surface area contributed by atoms with Gasteiger partial charge in [-0.1, -0.05) is 17.7 Å². The number of rotatable bonds is 5. The summed E-state index contributed by atoms with van der Waals surface area (Å²) < 4.78 is 5.43. The van der Waals surface area contributed by atoms with Crippen molar-refractivity contribution in [2.75, 3.05) is 6.61 Å². The lowest BCUT2D eigenvalue weighted by molar-refractivity contribution is 0.143. The van der Waals surface area contributed by atoms with E-state index in [9.17, 15) is 5.11 Å². The van der Waals surface area contributed by atoms with Gasteiger partial charge in [0.25, 0.3) is 0 Å². The molecule has 16 heavy (non-hydrogen) atoms. The van der Waals surface area contributed by atoms with E-state index in [1.54, 1.807) is 6.07 Å². The Bertz CT molecular complexity index is 387. The van der Waals surface area contributed by atoms with Crippen molar-refractivity contribution in [2.45, 2.75) is 25.9 Å². The van der Waals surface area contributed by atoms with Gasteiger partial charge >= 0.3 is 0 Å². The third kappa shape index (κ3) is 4.09. The molecule has 1 aromatic rings. The van der Waals surface area contributed by atoms with Gasteiger partial charge in [0.05, 0.1) is 30.2 Å². The predicted octanol–water partition coefficient (Wildman–Crippen LogP) is 2.69. The number of halogens is 1. The molecule has 1 rings (SSSR count). The second-order valence-electron chi connectivity index (χ2n) is 3.59. The van der Waals surface area contributed by atoms with Crippen molar-refractivity contribution >= 4 is 11.6 Å². The molecule has 0 aliphatic heterocycles. The molecule has 0 saturated heterocycles. The molecule has 0 heterocycles. The summed E-state index contributed by atoms with van der Waals surface area (Å²) in [5.74, 6) is 0.617. The van der Waals surface area contributed by atoms with E-state index in [0.29, 0.717) is 23.8 Å². The molecule has 4 heteroatoms. The Labute approximate surface area is 100 Å². The molecule has 1 unspecified atom stereocenters. The molecule has 0 aliphatic rings. The van der Waals surface area contributed by atoms with Gasteiger partial charge in [0, 0.05) is 6.42 Å². The first-order valence-electron chi connectivity index (χ1n) is 5.07. The Morgan fingerprint density at radius 3 is 3.00 bits per heavy atom. The van der Waals surface area contributed by atoms with Crippen LogP contribution >= 0.6 is 11.6 Å². The Balaban J connectivity index is 2.43. The average molecular weight is 240 g/mol. The maximum atomic E-state index is 9.32. The van der Waals surface area contributed by atoms with Crippen LogP contribution in [0.3, 0.4) is 0 Å². The zero-order chi connectivity index (χ0) is 12.0. The summed E-state index contributed by atoms with van der Waals surface area (Å²) in [4.78, 5) is 0. The number of benzene rings is 1. The highest BCUT2D eigenvalue weighted by Crippen LogP contribution is 2.25. The van der Waals surface area contributed by atoms with E-state index in [-0.39, 0.29) is 6.42 Å². The fourth-order valence-corrected chi connectivity index (χ4v) is 1.41. The van der Waals surface area contributed by atoms with Gasteiger partial charge in [-0.2, -0.15) is 5.26 Å². The molecule has 0 radical (unpaired) electrons. The van der Waals surface area contributed by atoms with Crippen LogP contribution in [0.5, 0.6) is 5.75 Å². The Morgan fingerprint density at radius 1 is 1.56 bits per heavy atom. The molecular formula is C12H14ClNO2. The van der Waals surface area contributed by atoms with Crippen molar-refractivity contribution in [3.8, 4) is 11.8 Å². The van der Waals surface area contributed by atoms with Crippen molar-refractivity contribution in [3.63, 3.8) is 0 Å². The van der Waals surface area contributed by atoms with Crippen molar-refractivity contribution < 1.29 is 9.84 Å². The fourth-order valence-electron chi connectivity index (χ4n) is 1.23. The zero-order valence-electron chi connectivity index (χ0n) is 9.11. The van der Waals surface area contributed by atoms with E-state index in [1.165, 1.54) is 0 Å². The molecular weight excluding hydrogens is 226 g/mol. The Morgan fingerprint density at radius 2 is 2.31 bits per heavy atom. The van der Waals surface area contributed by atoms with E-state index >= 15 is 0 Å². The van der Waals surface area contributed by atoms with Crippen LogP contribution in [0.15, 0.2) is 18.2 Å². The van der Waals surface area contributed by atoms with Crippen LogP contribution in [0, 0.1) is 18.3 Å². The molecule has 3 nitrogen and oxygen atoms in total. The van der Waals surface area contributed by atoms with Gasteiger partial charge in [-0.25, -0.2) is 0 Å². The van der Waals surface area contributed by atoms with Crippen LogP contribution in [0.2, 0.25) is 5.02 Å². The molecule has 1 atom stereocenters. The lowest BCUT2D eigenvalue weighted by Gasteiger charge is -2.10. The summed E-state index contributed by atoms with van der Waals surface area (Å²) in [7, 11) is 0. The van der Waals surface area contributed by atoms with Crippen LogP contribution in [0.1, 0.15) is 18.4 Å². The van der Waals surface area contributed by atoms with Crippen molar-refractivity contribution in [1.82, 2.24) is 0 Å². The van der Waals surface area contributed by atoms with Gasteiger partial charge < -0.3 is 9.84 Å². The van der Waals surface area contributed by atoms with E-state index in [2.05, 4.69) is 0 Å². The van der Waals surface area contributed by atoms with Gasteiger partial charge in [-0.3, -0.25) is 0 Å². The Kier molecular flexibility index (Phi) is 5.10. The number of aryl methyl sites for hydroxylation is 1. The second kappa shape index (κ2) is 6.37. The summed E-state index contributed by atoms with van der Waals surface area (Å²) >= 11 is 5.93. The molecule has 0 bridgehead atoms. The quantitative estimate of drug-likeness (QED) is 0.860. The van der Waals surface area contributed by atoms with Crippen LogP contribution in [-0.2, 0) is 0 Å². The maximum Gasteiger partial charge on any atom is 0.138 e. The minimum Gasteiger partial charge on any atom is -0.492 e. The first kappa shape index (κ1) is 12.8. The molecule has 0 aliphatic carbocycles. The minimum absolute atomic E-state index is 0.130. The highest BCUT2D eigenvalue weighted by atomic mass is 35.5. The van der Waals surface area contributed by atoms with Gasteiger partial charge in [0.2, 0.25) is 0 Å². The van der Waals surface area contributed by atoms with Crippen LogP contribution < -0.4 is 4.74 Å². The molecule has 1 N–H and O–H groups in total. The van der Waals surface area contributed by atoms with Gasteiger partial charge in [-0.05, 0) is 24.6 Å². The van der Waals surface area contributed by atoms with E-state index in [1.807, 2.05) is 25.1 Å². The molecule has 0 fully saturated rings. The van der Waals surface area contributed by atoms with Crippen LogP contribution in [0.4, 0.5) is 0 Å². The number of aliphatic hydroxyl groups excluding tert-OH is 1. The first-order valence-corrected chi connectivity index (χ1v) is 5.45. The fraction of sp³-hybridized carbons (Fsp3) is 0.417. The minimum atomic E-state index is -0.631. The molecule has 0 aromatic heterocycles. The lowest BCUT2D eigenvalue weighted by atomic mass is 10.2. The monoisotopic (exact) mass is 239 g/mol. The third-order valence-corrected chi connectivity index (χ3v) is 2.43. The summed E-state index contributed by atoms with van der Waals surface area (Å²) in [5.41, 5.74) is 1.07. The highest BCUT2D eigenvalue weighted by molar-refractivity contribution is 6.32. The topological polar surface area (TPSA) is 53.2 Å². The van der Waals surface area contributed by atoms with Crippen molar-refractivity contribution in [1.29, 1.82) is 5.26 Å². The lowest BCUT2D eigenvalue weighted by Crippen LogP contribution is -2.11. The van der Waals surface area contributed by atoms with Crippen molar-refractivity contribution in [2.24, 2.45) is 0 Å². The second-order valence-corrected chi connectivity index (χ2v) is 3.99. The van der Waals surface area contributed by atoms with Gasteiger partial charge in [-0.15, -0.1) is 0 Å². The number of hydrogen-bond donors (Lipinski definition) is 1. The average Bonchev–Trinajstić information content (AvgIpc) is 2.23. The summed E-state index contributed by atoms with van der Waals surface area (Å²) in [6.45, 7) is 2.31. The molecule has 0 saturated carbocycles. The molecule has 1 aromatic carbocycles. The first-order chi connectivity index (χ1) is 7.63. The van der Waals surface area contributed by atoms with Crippen LogP contribution in [0.25, 0.3) is 0 Å². The number of nitriles is 1. The standard InChI is InChI=1S/C12H14ClNO2/c1-9-2-3-11(13)12(8-9)16-7-5-10(15)4-6-14/h2-3,8,10,15H,4-5,7H2,1H3. The normalized spacial score (nSPS) is 11.9. The SMILES string of the molecule is Cc1ccc(Cl)c(OCCC(O)CC#N)c1. The number of aliphatic hydroxyl groups is 1. The van der Waals surface area contributed by atoms with Gasteiger partial charge in [0.1, 0.15) is 5.75 Å². The molecule has 86 valence electrons. The summed E-state index contributed by atoms with van der Waals surface area (Å²) in [6, 6.07) is 7.43. The summed E-state index contributed by atoms with van der Waals surface area (Å²) in [5, 5.41) is 18.2. The summed E-state index contributed by atoms with van der Waals surface area (Å²) in [6.07, 6.45) is -0.0727. The van der Waals surface area contributed by atoms with Crippen LogP contribution in [-0.4, -0.2) is 17.8 Å². The largest absolute Gasteiger partial charge is 0.492 e. The molecule has 0 spiro atoms. The van der Waals surface area contributed by atoms with Gasteiger partial charge in [0.15, 0.2) is 0 Å². The zero-order valence-corrected chi connectivity index (χ0v) is 9.87. The highest BCUT2D eigenvalue weighted by Gasteiger charge is 2.05. The maximum absolute atomic E-state index is 9.32. The van der Waals surface area contributed by atoms with Crippen molar-refractivity contribution in [3.05, 3.63) is 28.8 Å². The number of ether oxygens (including phenoxy) is 1. The smallest absolute Gasteiger partial charge is 0.138 e. The number of nitrogens with zero attached hydrogens (tertiary/aromatic N) is 1. The predicted molar refractivity (Wildman–Crippen MR) is 62.5 cm³/mol. The number of hydrogen-bond acceptors (Lipinski definition) is 3. The van der Waals surface area contributed by atoms with E-state index in [0.717, 1.165) is 5.56 Å². The van der Waals surface area contributed by atoms with E-state index in [4.69, 9.17) is 21.6 Å².